The second-order valence-electron chi connectivity index (χ2n) is 4.28. The van der Waals surface area contributed by atoms with Crippen LogP contribution in [0.1, 0.15) is 21.5 Å². The Balaban J connectivity index is 2.18. The number of amides is 1. The molecule has 1 amide bonds. The number of nitrogens with one attached hydrogen (secondary N) is 1. The van der Waals surface area contributed by atoms with Crippen LogP contribution >= 0.6 is 11.6 Å². The fourth-order valence-corrected chi connectivity index (χ4v) is 1.85. The Hall–Kier alpha value is -1.84. The van der Waals surface area contributed by atoms with Crippen molar-refractivity contribution in [2.45, 2.75) is 13.5 Å². The third kappa shape index (κ3) is 3.34. The zero-order valence-electron chi connectivity index (χ0n) is 10.5. The van der Waals surface area contributed by atoms with Gasteiger partial charge >= 0.3 is 0 Å². The Morgan fingerprint density at radius 2 is 2.05 bits per heavy atom. The summed E-state index contributed by atoms with van der Waals surface area (Å²) in [5.41, 5.74) is 2.82. The van der Waals surface area contributed by atoms with Crippen molar-refractivity contribution in [1.29, 1.82) is 0 Å². The third-order valence-corrected chi connectivity index (χ3v) is 3.21. The molecule has 2 aromatic carbocycles. The molecule has 0 heterocycles. The van der Waals surface area contributed by atoms with Crippen molar-refractivity contribution in [3.8, 4) is 0 Å². The van der Waals surface area contributed by atoms with Gasteiger partial charge in [-0.3, -0.25) is 4.79 Å². The quantitative estimate of drug-likeness (QED) is 0.902. The lowest BCUT2D eigenvalue weighted by atomic mass is 10.1. The molecule has 0 saturated heterocycles. The van der Waals surface area contributed by atoms with Crippen molar-refractivity contribution in [3.05, 3.63) is 64.2 Å². The number of anilines is 1. The summed E-state index contributed by atoms with van der Waals surface area (Å²) in [6.07, 6.45) is 0. The number of aliphatic hydroxyl groups is 1. The molecule has 0 atom stereocenters. The van der Waals surface area contributed by atoms with Gasteiger partial charge in [0.2, 0.25) is 0 Å². The summed E-state index contributed by atoms with van der Waals surface area (Å²) in [4.78, 5) is 12.1. The van der Waals surface area contributed by atoms with Gasteiger partial charge in [0.15, 0.2) is 0 Å². The number of aryl methyl sites for hydroxylation is 1. The van der Waals surface area contributed by atoms with E-state index in [1.165, 1.54) is 0 Å². The third-order valence-electron chi connectivity index (χ3n) is 2.79. The van der Waals surface area contributed by atoms with E-state index in [9.17, 15) is 4.79 Å². The molecule has 0 unspecified atom stereocenters. The molecule has 3 nitrogen and oxygen atoms in total. The topological polar surface area (TPSA) is 49.3 Å². The van der Waals surface area contributed by atoms with Crippen molar-refractivity contribution >= 4 is 23.2 Å². The molecule has 2 N–H and O–H groups in total. The highest BCUT2D eigenvalue weighted by molar-refractivity contribution is 6.31. The normalized spacial score (nSPS) is 10.3. The molecular weight excluding hydrogens is 262 g/mol. The van der Waals surface area contributed by atoms with Crippen LogP contribution in [0.2, 0.25) is 5.02 Å². The summed E-state index contributed by atoms with van der Waals surface area (Å²) in [5, 5.41) is 12.5. The van der Waals surface area contributed by atoms with Crippen molar-refractivity contribution in [3.63, 3.8) is 0 Å². The zero-order chi connectivity index (χ0) is 13.8. The average molecular weight is 276 g/mol. The van der Waals surface area contributed by atoms with Crippen LogP contribution in [0, 0.1) is 6.92 Å². The average Bonchev–Trinajstić information content (AvgIpc) is 2.42. The first-order valence-electron chi connectivity index (χ1n) is 5.87. The summed E-state index contributed by atoms with van der Waals surface area (Å²) in [7, 11) is 0. The van der Waals surface area contributed by atoms with Crippen LogP contribution in [0.4, 0.5) is 5.69 Å². The van der Waals surface area contributed by atoms with E-state index in [1.54, 1.807) is 42.5 Å². The van der Waals surface area contributed by atoms with Gasteiger partial charge in [0.05, 0.1) is 6.61 Å². The monoisotopic (exact) mass is 275 g/mol. The summed E-state index contributed by atoms with van der Waals surface area (Å²) in [6.45, 7) is 1.80. The van der Waals surface area contributed by atoms with Gasteiger partial charge in [-0.2, -0.15) is 0 Å². The number of rotatable bonds is 3. The molecule has 0 aliphatic carbocycles. The minimum absolute atomic E-state index is 0.0518. The second-order valence-corrected chi connectivity index (χ2v) is 4.68. The molecule has 0 spiro atoms. The summed E-state index contributed by atoms with van der Waals surface area (Å²) >= 11 is 5.93. The maximum Gasteiger partial charge on any atom is 0.255 e. The van der Waals surface area contributed by atoms with E-state index in [2.05, 4.69) is 5.32 Å². The molecule has 2 rings (SSSR count). The lowest BCUT2D eigenvalue weighted by Crippen LogP contribution is -2.12. The first-order chi connectivity index (χ1) is 9.10. The highest BCUT2D eigenvalue weighted by Crippen LogP contribution is 2.18. The Bertz CT molecular complexity index is 611. The predicted octanol–water partition coefficient (Wildman–Crippen LogP) is 3.39. The van der Waals surface area contributed by atoms with Crippen LogP contribution in [0.25, 0.3) is 0 Å². The SMILES string of the molecule is Cc1cc(C(=O)Nc2cccc(CO)c2)ccc1Cl. The number of benzene rings is 2. The predicted molar refractivity (Wildman–Crippen MR) is 76.5 cm³/mol. The maximum absolute atomic E-state index is 12.1. The highest BCUT2D eigenvalue weighted by Gasteiger charge is 2.07. The summed E-state index contributed by atoms with van der Waals surface area (Å²) in [6, 6.07) is 12.2. The van der Waals surface area contributed by atoms with Crippen molar-refractivity contribution in [1.82, 2.24) is 0 Å². The first kappa shape index (κ1) is 13.6. The van der Waals surface area contributed by atoms with Crippen molar-refractivity contribution in [2.75, 3.05) is 5.32 Å². The highest BCUT2D eigenvalue weighted by atomic mass is 35.5. The zero-order valence-corrected chi connectivity index (χ0v) is 11.2. The standard InChI is InChI=1S/C15H14ClNO2/c1-10-7-12(5-6-14(10)16)15(19)17-13-4-2-3-11(8-13)9-18/h2-8,18H,9H2,1H3,(H,17,19). The fraction of sp³-hybridized carbons (Fsp3) is 0.133. The molecule has 98 valence electrons. The Kier molecular flexibility index (Phi) is 4.20. The number of carbonyl (C=O) groups excluding carboxylic acids is 1. The number of carbonyl (C=O) groups is 1. The number of aliphatic hydroxyl groups excluding tert-OH is 1. The Labute approximate surface area is 116 Å². The number of hydrogen-bond acceptors (Lipinski definition) is 2. The molecule has 0 fully saturated rings. The van der Waals surface area contributed by atoms with Gasteiger partial charge < -0.3 is 10.4 Å². The molecule has 0 aliphatic rings. The number of halogens is 1. The first-order valence-corrected chi connectivity index (χ1v) is 6.25. The van der Waals surface area contributed by atoms with E-state index in [1.807, 2.05) is 6.92 Å². The van der Waals surface area contributed by atoms with Gasteiger partial charge in [0, 0.05) is 16.3 Å². The molecule has 2 aromatic rings. The minimum atomic E-state index is -0.199. The van der Waals surface area contributed by atoms with E-state index >= 15 is 0 Å². The van der Waals surface area contributed by atoms with Gasteiger partial charge in [-0.05, 0) is 48.4 Å². The molecule has 0 saturated carbocycles. The lowest BCUT2D eigenvalue weighted by Gasteiger charge is -2.07. The van der Waals surface area contributed by atoms with Crippen LogP contribution in [-0.4, -0.2) is 11.0 Å². The lowest BCUT2D eigenvalue weighted by molar-refractivity contribution is 0.102. The molecule has 0 bridgehead atoms. The van der Waals surface area contributed by atoms with Gasteiger partial charge in [-0.25, -0.2) is 0 Å². The van der Waals surface area contributed by atoms with E-state index in [0.29, 0.717) is 16.3 Å². The van der Waals surface area contributed by atoms with Gasteiger partial charge in [0.1, 0.15) is 0 Å². The molecule has 4 heteroatoms. The van der Waals surface area contributed by atoms with Crippen LogP contribution in [0.5, 0.6) is 0 Å². The summed E-state index contributed by atoms with van der Waals surface area (Å²) in [5.74, 6) is -0.199. The Morgan fingerprint density at radius 3 is 2.74 bits per heavy atom. The van der Waals surface area contributed by atoms with E-state index in [4.69, 9.17) is 16.7 Å². The maximum atomic E-state index is 12.1. The number of hydrogen-bond donors (Lipinski definition) is 2. The van der Waals surface area contributed by atoms with Gasteiger partial charge in [0.25, 0.3) is 5.91 Å². The van der Waals surface area contributed by atoms with Crippen LogP contribution in [0.3, 0.4) is 0 Å². The molecular formula is C15H14ClNO2. The van der Waals surface area contributed by atoms with Crippen LogP contribution in [-0.2, 0) is 6.61 Å². The second kappa shape index (κ2) is 5.87. The summed E-state index contributed by atoms with van der Waals surface area (Å²) < 4.78 is 0. The fourth-order valence-electron chi connectivity index (χ4n) is 1.74. The van der Waals surface area contributed by atoms with E-state index in [-0.39, 0.29) is 12.5 Å². The molecule has 0 aromatic heterocycles. The molecule has 19 heavy (non-hydrogen) atoms. The van der Waals surface area contributed by atoms with Crippen LogP contribution < -0.4 is 5.32 Å². The smallest absolute Gasteiger partial charge is 0.255 e. The van der Waals surface area contributed by atoms with Crippen molar-refractivity contribution < 1.29 is 9.90 Å². The van der Waals surface area contributed by atoms with Crippen LogP contribution in [0.15, 0.2) is 42.5 Å². The Morgan fingerprint density at radius 1 is 1.26 bits per heavy atom. The van der Waals surface area contributed by atoms with E-state index < -0.39 is 0 Å². The minimum Gasteiger partial charge on any atom is -0.392 e. The molecule has 0 radical (unpaired) electrons. The van der Waals surface area contributed by atoms with Crippen molar-refractivity contribution in [2.24, 2.45) is 0 Å². The molecule has 0 aliphatic heterocycles. The van der Waals surface area contributed by atoms with Gasteiger partial charge in [-0.1, -0.05) is 23.7 Å². The van der Waals surface area contributed by atoms with Gasteiger partial charge in [-0.15, -0.1) is 0 Å². The van der Waals surface area contributed by atoms with E-state index in [0.717, 1.165) is 11.1 Å². The largest absolute Gasteiger partial charge is 0.392 e.